The van der Waals surface area contributed by atoms with Gasteiger partial charge in [-0.1, -0.05) is 6.92 Å². The fourth-order valence-electron chi connectivity index (χ4n) is 4.38. The number of aliphatic hydroxyl groups is 1. The second-order valence-corrected chi connectivity index (χ2v) is 12.0. The summed E-state index contributed by atoms with van der Waals surface area (Å²) in [7, 11) is -1.99. The largest absolute Gasteiger partial charge is 0.488 e. The number of nitrogens with one attached hydrogen (secondary N) is 2. The summed E-state index contributed by atoms with van der Waals surface area (Å²) >= 11 is 0. The van der Waals surface area contributed by atoms with E-state index in [1.54, 1.807) is 48.2 Å². The number of rotatable bonds is 7. The van der Waals surface area contributed by atoms with Crippen molar-refractivity contribution in [3.63, 3.8) is 0 Å². The van der Waals surface area contributed by atoms with Crippen LogP contribution in [0, 0.1) is 5.92 Å². The minimum atomic E-state index is -3.46. The Labute approximate surface area is 227 Å². The molecule has 4 rings (SSSR count). The highest BCUT2D eigenvalue weighted by Gasteiger charge is 2.32. The van der Waals surface area contributed by atoms with Gasteiger partial charge in [0.15, 0.2) is 11.5 Å². The minimum absolute atomic E-state index is 0.0275. The van der Waals surface area contributed by atoms with E-state index in [9.17, 15) is 23.1 Å². The van der Waals surface area contributed by atoms with Gasteiger partial charge >= 0.3 is 6.03 Å². The highest BCUT2D eigenvalue weighted by atomic mass is 32.2. The van der Waals surface area contributed by atoms with Gasteiger partial charge in [0.1, 0.15) is 11.9 Å². The lowest BCUT2D eigenvalue weighted by molar-refractivity contribution is -0.134. The van der Waals surface area contributed by atoms with Crippen molar-refractivity contribution in [2.24, 2.45) is 5.92 Å². The highest BCUT2D eigenvalue weighted by Crippen LogP contribution is 2.34. The molecule has 0 radical (unpaired) electrons. The maximum absolute atomic E-state index is 13.3. The molecule has 13 heteroatoms. The Morgan fingerprint density at radius 2 is 1.77 bits per heavy atom. The Hall–Kier alpha value is -3.55. The van der Waals surface area contributed by atoms with E-state index in [2.05, 4.69) is 10.6 Å². The van der Waals surface area contributed by atoms with Crippen molar-refractivity contribution >= 4 is 33.3 Å². The molecular weight excluding hydrogens is 528 g/mol. The highest BCUT2D eigenvalue weighted by molar-refractivity contribution is 7.88. The molecule has 0 saturated heterocycles. The fourth-order valence-corrected chi connectivity index (χ4v) is 4.80. The van der Waals surface area contributed by atoms with Gasteiger partial charge in [-0.05, 0) is 37.3 Å². The number of anilines is 2. The standard InChI is InChI=1S/C26H34N4O8S/c1-16-12-30(17(2)14-31)25(32)10-18-9-19(5-7-21(18)38-24(16)13-29(3)39(4,34)35)27-26(33)28-20-6-8-22-23(11-20)37-15-36-22/h5-9,11,16-17,24,31H,10,12-15H2,1-4H3,(H2,27,28,33)/t16-,17-,24-/m1/s1. The minimum Gasteiger partial charge on any atom is -0.488 e. The zero-order valence-corrected chi connectivity index (χ0v) is 23.2. The van der Waals surface area contributed by atoms with Crippen LogP contribution in [0.4, 0.5) is 16.2 Å². The summed E-state index contributed by atoms with van der Waals surface area (Å²) in [6, 6.07) is 9.07. The lowest BCUT2D eigenvalue weighted by Crippen LogP contribution is -2.48. The normalized spacial score (nSPS) is 19.8. The molecule has 0 aromatic heterocycles. The Morgan fingerprint density at radius 3 is 2.44 bits per heavy atom. The Kier molecular flexibility index (Phi) is 8.52. The van der Waals surface area contributed by atoms with Crippen LogP contribution in [0.1, 0.15) is 19.4 Å². The van der Waals surface area contributed by atoms with Crippen molar-refractivity contribution in [3.05, 3.63) is 42.0 Å². The number of carbonyl (C=O) groups is 2. The predicted molar refractivity (Wildman–Crippen MR) is 145 cm³/mol. The molecule has 0 bridgehead atoms. The Morgan fingerprint density at radius 1 is 1.13 bits per heavy atom. The van der Waals surface area contributed by atoms with Crippen molar-refractivity contribution in [2.45, 2.75) is 32.4 Å². The van der Waals surface area contributed by atoms with Gasteiger partial charge in [-0.15, -0.1) is 0 Å². The average molecular weight is 563 g/mol. The average Bonchev–Trinajstić information content (AvgIpc) is 3.35. The van der Waals surface area contributed by atoms with Crippen LogP contribution in [0.15, 0.2) is 36.4 Å². The van der Waals surface area contributed by atoms with Gasteiger partial charge < -0.3 is 34.9 Å². The number of hydrogen-bond donors (Lipinski definition) is 3. The summed E-state index contributed by atoms with van der Waals surface area (Å²) < 4.78 is 42.3. The molecular formula is C26H34N4O8S. The van der Waals surface area contributed by atoms with Crippen molar-refractivity contribution in [3.8, 4) is 17.2 Å². The van der Waals surface area contributed by atoms with Crippen molar-refractivity contribution in [1.82, 2.24) is 9.21 Å². The third-order valence-electron chi connectivity index (χ3n) is 6.81. The second-order valence-electron chi connectivity index (χ2n) is 9.90. The first-order chi connectivity index (χ1) is 18.4. The summed E-state index contributed by atoms with van der Waals surface area (Å²) in [5, 5.41) is 15.3. The van der Waals surface area contributed by atoms with Crippen molar-refractivity contribution in [1.29, 1.82) is 0 Å². The van der Waals surface area contributed by atoms with E-state index in [-0.39, 0.29) is 44.7 Å². The van der Waals surface area contributed by atoms with Gasteiger partial charge in [-0.25, -0.2) is 17.5 Å². The van der Waals surface area contributed by atoms with Crippen LogP contribution in [-0.4, -0.2) is 86.6 Å². The van der Waals surface area contributed by atoms with E-state index in [1.807, 2.05) is 6.92 Å². The molecule has 2 heterocycles. The van der Waals surface area contributed by atoms with E-state index >= 15 is 0 Å². The monoisotopic (exact) mass is 562 g/mol. The smallest absolute Gasteiger partial charge is 0.323 e. The predicted octanol–water partition coefficient (Wildman–Crippen LogP) is 2.10. The first kappa shape index (κ1) is 28.5. The number of carbonyl (C=O) groups excluding carboxylic acids is 2. The fraction of sp³-hybridized carbons (Fsp3) is 0.462. The number of aliphatic hydroxyl groups excluding tert-OH is 1. The number of urea groups is 1. The van der Waals surface area contributed by atoms with Gasteiger partial charge in [0, 0.05) is 42.5 Å². The van der Waals surface area contributed by atoms with Gasteiger partial charge in [-0.2, -0.15) is 0 Å². The van der Waals surface area contributed by atoms with E-state index < -0.39 is 28.2 Å². The molecule has 2 aliphatic heterocycles. The van der Waals surface area contributed by atoms with Crippen LogP contribution >= 0.6 is 0 Å². The first-order valence-corrected chi connectivity index (χ1v) is 14.4. The Balaban J connectivity index is 1.57. The zero-order chi connectivity index (χ0) is 28.3. The van der Waals surface area contributed by atoms with Gasteiger partial charge in [0.2, 0.25) is 22.7 Å². The molecule has 0 spiro atoms. The quantitative estimate of drug-likeness (QED) is 0.465. The van der Waals surface area contributed by atoms with Crippen LogP contribution in [0.25, 0.3) is 0 Å². The SMILES string of the molecule is C[C@@H]1CN([C@H](C)CO)C(=O)Cc2cc(NC(=O)Nc3ccc4c(c3)OCO4)ccc2O[C@@H]1CN(C)S(C)(=O)=O. The molecule has 212 valence electrons. The van der Waals surface area contributed by atoms with Crippen molar-refractivity contribution < 1.29 is 37.3 Å². The van der Waals surface area contributed by atoms with Crippen LogP contribution in [0.2, 0.25) is 0 Å². The molecule has 2 aliphatic rings. The number of nitrogens with zero attached hydrogens (tertiary/aromatic N) is 2. The van der Waals surface area contributed by atoms with Crippen LogP contribution < -0.4 is 24.8 Å². The summed E-state index contributed by atoms with van der Waals surface area (Å²) in [6.45, 7) is 3.89. The third kappa shape index (κ3) is 6.91. The molecule has 39 heavy (non-hydrogen) atoms. The van der Waals surface area contributed by atoms with Gasteiger partial charge in [0.25, 0.3) is 0 Å². The first-order valence-electron chi connectivity index (χ1n) is 12.5. The molecule has 0 saturated carbocycles. The number of amides is 3. The van der Waals surface area contributed by atoms with Crippen LogP contribution in [0.5, 0.6) is 17.2 Å². The molecule has 3 amide bonds. The lowest BCUT2D eigenvalue weighted by atomic mass is 10.0. The molecule has 3 atom stereocenters. The van der Waals surface area contributed by atoms with E-state index in [1.165, 1.54) is 11.4 Å². The van der Waals surface area contributed by atoms with Gasteiger partial charge in [-0.3, -0.25) is 4.79 Å². The molecule has 0 unspecified atom stereocenters. The van der Waals surface area contributed by atoms with E-state index in [0.717, 1.165) is 6.26 Å². The molecule has 0 fully saturated rings. The number of fused-ring (bicyclic) bond motifs is 2. The van der Waals surface area contributed by atoms with Crippen LogP contribution in [-0.2, 0) is 21.2 Å². The molecule has 0 aliphatic carbocycles. The number of hydrogen-bond acceptors (Lipinski definition) is 8. The zero-order valence-electron chi connectivity index (χ0n) is 22.3. The third-order valence-corrected chi connectivity index (χ3v) is 8.09. The molecule has 2 aromatic rings. The van der Waals surface area contributed by atoms with Gasteiger partial charge in [0.05, 0.1) is 31.9 Å². The number of sulfonamides is 1. The second kappa shape index (κ2) is 11.7. The topological polar surface area (TPSA) is 147 Å². The number of likely N-dealkylation sites (N-methyl/N-ethyl adjacent to an activating group) is 1. The summed E-state index contributed by atoms with van der Waals surface area (Å²) in [5.74, 6) is 1.09. The number of ether oxygens (including phenoxy) is 3. The summed E-state index contributed by atoms with van der Waals surface area (Å²) in [4.78, 5) is 27.6. The lowest BCUT2D eigenvalue weighted by Gasteiger charge is -2.33. The Bertz CT molecular complexity index is 1340. The van der Waals surface area contributed by atoms with E-state index in [0.29, 0.717) is 34.2 Å². The van der Waals surface area contributed by atoms with E-state index in [4.69, 9.17) is 14.2 Å². The summed E-state index contributed by atoms with van der Waals surface area (Å²) in [5.41, 5.74) is 1.47. The summed E-state index contributed by atoms with van der Waals surface area (Å²) in [6.07, 6.45) is 0.521. The molecule has 2 aromatic carbocycles. The molecule has 3 N–H and O–H groups in total. The maximum atomic E-state index is 13.3. The maximum Gasteiger partial charge on any atom is 0.323 e. The number of benzene rings is 2. The van der Waals surface area contributed by atoms with Crippen molar-refractivity contribution in [2.75, 3.05) is 50.4 Å². The molecule has 12 nitrogen and oxygen atoms in total. The van der Waals surface area contributed by atoms with Crippen LogP contribution in [0.3, 0.4) is 0 Å².